The standard InChI is InChI=1S/C46H29BO3/c1-4-14-30(15-5-1)39-28-34-26-24-32-18-10-12-22-37(32)41(34)45-43(39)44-40(31-16-6-2-7-17-31)29-35-27-25-33-19-11-13-23-38(33)42(35)46(44)50-47(49-45)48-36-20-8-3-9-21-36/h1-29H. The van der Waals surface area contributed by atoms with E-state index in [1.807, 2.05) is 30.3 Å². The normalized spacial score (nSPS) is 12.3. The Kier molecular flexibility index (Phi) is 6.60. The molecule has 9 aromatic carbocycles. The van der Waals surface area contributed by atoms with Crippen molar-refractivity contribution < 1.29 is 14.0 Å². The molecule has 0 saturated heterocycles. The SMILES string of the molecule is c1ccc(OB2Oc3c(c(-c4ccccc4)cc4ccc5ccccc5c34)-c3c(-c4ccccc4)cc4ccc5ccccc5c4c3O2)cc1. The molecule has 0 atom stereocenters. The summed E-state index contributed by atoms with van der Waals surface area (Å²) < 4.78 is 20.9. The Morgan fingerprint density at radius 1 is 0.380 bits per heavy atom. The third-order valence-corrected chi connectivity index (χ3v) is 9.79. The van der Waals surface area contributed by atoms with Crippen LogP contribution in [0.1, 0.15) is 0 Å². The van der Waals surface area contributed by atoms with Crippen molar-refractivity contribution in [2.75, 3.05) is 0 Å². The van der Waals surface area contributed by atoms with Crippen molar-refractivity contribution in [2.45, 2.75) is 0 Å². The minimum absolute atomic E-state index is 0.657. The molecule has 0 unspecified atom stereocenters. The fourth-order valence-electron chi connectivity index (χ4n) is 7.57. The summed E-state index contributed by atoms with van der Waals surface area (Å²) in [4.78, 5) is 0. The Morgan fingerprint density at radius 2 is 0.780 bits per heavy atom. The molecule has 4 heteroatoms. The maximum Gasteiger partial charge on any atom is 0.864 e. The van der Waals surface area contributed by atoms with Gasteiger partial charge < -0.3 is 14.0 Å². The van der Waals surface area contributed by atoms with Gasteiger partial charge in [0, 0.05) is 21.9 Å². The predicted octanol–water partition coefficient (Wildman–Crippen LogP) is 12.1. The summed E-state index contributed by atoms with van der Waals surface area (Å²) in [6.07, 6.45) is 0. The lowest BCUT2D eigenvalue weighted by molar-refractivity contribution is 0.315. The highest BCUT2D eigenvalue weighted by Gasteiger charge is 2.40. The fourth-order valence-corrected chi connectivity index (χ4v) is 7.57. The molecule has 0 fully saturated rings. The van der Waals surface area contributed by atoms with E-state index < -0.39 is 7.32 Å². The lowest BCUT2D eigenvalue weighted by Crippen LogP contribution is -2.36. The van der Waals surface area contributed by atoms with Crippen LogP contribution in [-0.2, 0) is 0 Å². The van der Waals surface area contributed by atoms with Crippen molar-refractivity contribution in [2.24, 2.45) is 0 Å². The molecule has 3 nitrogen and oxygen atoms in total. The Bertz CT molecular complexity index is 2560. The summed E-state index contributed by atoms with van der Waals surface area (Å²) in [6.45, 7) is 0. The first kappa shape index (κ1) is 28.5. The van der Waals surface area contributed by atoms with Gasteiger partial charge in [0.25, 0.3) is 0 Å². The van der Waals surface area contributed by atoms with Gasteiger partial charge >= 0.3 is 7.32 Å². The Hall–Kier alpha value is -6.52. The highest BCUT2D eigenvalue weighted by Crippen LogP contribution is 2.56. The van der Waals surface area contributed by atoms with E-state index in [1.165, 1.54) is 0 Å². The molecule has 1 heterocycles. The van der Waals surface area contributed by atoms with E-state index in [1.54, 1.807) is 0 Å². The molecule has 10 rings (SSSR count). The molecule has 0 amide bonds. The fraction of sp³-hybridized carbons (Fsp3) is 0. The van der Waals surface area contributed by atoms with E-state index in [9.17, 15) is 0 Å². The van der Waals surface area contributed by atoms with Crippen LogP contribution >= 0.6 is 0 Å². The topological polar surface area (TPSA) is 27.7 Å². The number of hydrogen-bond acceptors (Lipinski definition) is 3. The average Bonchev–Trinajstić information content (AvgIpc) is 3.35. The van der Waals surface area contributed by atoms with Gasteiger partial charge in [-0.15, -0.1) is 0 Å². The molecule has 0 aliphatic carbocycles. The Morgan fingerprint density at radius 3 is 1.26 bits per heavy atom. The maximum absolute atomic E-state index is 7.13. The molecule has 0 bridgehead atoms. The lowest BCUT2D eigenvalue weighted by Gasteiger charge is -2.22. The molecule has 1 aliphatic rings. The van der Waals surface area contributed by atoms with Crippen LogP contribution < -0.4 is 14.0 Å². The molecule has 0 radical (unpaired) electrons. The van der Waals surface area contributed by atoms with Crippen molar-refractivity contribution >= 4 is 50.4 Å². The largest absolute Gasteiger partial charge is 0.864 e. The van der Waals surface area contributed by atoms with Gasteiger partial charge in [0.1, 0.15) is 17.2 Å². The van der Waals surface area contributed by atoms with Crippen LogP contribution in [0.15, 0.2) is 176 Å². The molecule has 234 valence electrons. The molecule has 50 heavy (non-hydrogen) atoms. The van der Waals surface area contributed by atoms with Crippen LogP contribution in [0, 0.1) is 0 Å². The molecule has 0 spiro atoms. The third kappa shape index (κ3) is 4.61. The maximum atomic E-state index is 7.13. The van der Waals surface area contributed by atoms with Crippen molar-refractivity contribution in [1.82, 2.24) is 0 Å². The lowest BCUT2D eigenvalue weighted by atomic mass is 9.83. The number of benzene rings is 9. The smallest absolute Gasteiger partial charge is 0.490 e. The Balaban J connectivity index is 1.43. The van der Waals surface area contributed by atoms with E-state index in [4.69, 9.17) is 14.0 Å². The second kappa shape index (κ2) is 11.6. The molecular formula is C46H29BO3. The first-order valence-corrected chi connectivity index (χ1v) is 16.9. The van der Waals surface area contributed by atoms with E-state index >= 15 is 0 Å². The van der Waals surface area contributed by atoms with E-state index in [-0.39, 0.29) is 0 Å². The quantitative estimate of drug-likeness (QED) is 0.142. The zero-order valence-electron chi connectivity index (χ0n) is 27.0. The first-order valence-electron chi connectivity index (χ1n) is 16.9. The number of para-hydroxylation sites is 1. The van der Waals surface area contributed by atoms with Crippen molar-refractivity contribution in [3.05, 3.63) is 176 Å². The predicted molar refractivity (Wildman–Crippen MR) is 207 cm³/mol. The third-order valence-electron chi connectivity index (χ3n) is 9.79. The van der Waals surface area contributed by atoms with Crippen LogP contribution in [0.2, 0.25) is 0 Å². The number of fused-ring (bicyclic) bond motifs is 11. The molecule has 1 aliphatic heterocycles. The Labute approximate surface area is 290 Å². The molecular weight excluding hydrogens is 611 g/mol. The summed E-state index contributed by atoms with van der Waals surface area (Å²) in [5, 5.41) is 8.69. The molecule has 0 N–H and O–H groups in total. The van der Waals surface area contributed by atoms with Crippen molar-refractivity contribution in [3.63, 3.8) is 0 Å². The monoisotopic (exact) mass is 640 g/mol. The molecule has 0 aromatic heterocycles. The van der Waals surface area contributed by atoms with E-state index in [0.29, 0.717) is 5.75 Å². The van der Waals surface area contributed by atoms with Crippen LogP contribution in [0.3, 0.4) is 0 Å². The summed E-state index contributed by atoms with van der Waals surface area (Å²) >= 11 is 0. The van der Waals surface area contributed by atoms with Crippen LogP contribution in [0.4, 0.5) is 0 Å². The zero-order chi connectivity index (χ0) is 33.0. The van der Waals surface area contributed by atoms with Gasteiger partial charge in [-0.2, -0.15) is 0 Å². The van der Waals surface area contributed by atoms with Crippen LogP contribution in [0.5, 0.6) is 17.2 Å². The van der Waals surface area contributed by atoms with Gasteiger partial charge in [0.2, 0.25) is 0 Å². The second-order valence-electron chi connectivity index (χ2n) is 12.7. The minimum Gasteiger partial charge on any atom is -0.490 e. The summed E-state index contributed by atoms with van der Waals surface area (Å²) in [7, 11) is -1.08. The summed E-state index contributed by atoms with van der Waals surface area (Å²) in [5.41, 5.74) is 6.25. The van der Waals surface area contributed by atoms with Crippen molar-refractivity contribution in [3.8, 4) is 50.6 Å². The van der Waals surface area contributed by atoms with Gasteiger partial charge in [-0.05, 0) is 78.8 Å². The highest BCUT2D eigenvalue weighted by molar-refractivity contribution is 6.42. The van der Waals surface area contributed by atoms with Crippen LogP contribution in [0.25, 0.3) is 76.5 Å². The van der Waals surface area contributed by atoms with Gasteiger partial charge in [-0.3, -0.25) is 0 Å². The molecule has 9 aromatic rings. The summed E-state index contributed by atoms with van der Waals surface area (Å²) in [6, 6.07) is 61.3. The van der Waals surface area contributed by atoms with Gasteiger partial charge in [-0.25, -0.2) is 0 Å². The van der Waals surface area contributed by atoms with Crippen LogP contribution in [-0.4, -0.2) is 7.32 Å². The van der Waals surface area contributed by atoms with Gasteiger partial charge in [0.15, 0.2) is 0 Å². The second-order valence-corrected chi connectivity index (χ2v) is 12.7. The zero-order valence-corrected chi connectivity index (χ0v) is 27.0. The van der Waals surface area contributed by atoms with E-state index in [2.05, 4.69) is 146 Å². The minimum atomic E-state index is -1.08. The van der Waals surface area contributed by atoms with Gasteiger partial charge in [0.05, 0.1) is 0 Å². The average molecular weight is 641 g/mol. The highest BCUT2D eigenvalue weighted by atomic mass is 16.7. The van der Waals surface area contributed by atoms with E-state index in [0.717, 1.165) is 88.0 Å². The van der Waals surface area contributed by atoms with Gasteiger partial charge in [-0.1, -0.05) is 152 Å². The summed E-state index contributed by atoms with van der Waals surface area (Å²) in [5.74, 6) is 2.12. The first-order chi connectivity index (χ1) is 24.8. The number of rotatable bonds is 4. The number of hydrogen-bond donors (Lipinski definition) is 0. The van der Waals surface area contributed by atoms with Crippen molar-refractivity contribution in [1.29, 1.82) is 0 Å². The molecule has 0 saturated carbocycles.